The minimum absolute atomic E-state index is 0.0609. The van der Waals surface area contributed by atoms with Crippen LogP contribution in [-0.4, -0.2) is 24.9 Å². The Labute approximate surface area is 109 Å². The van der Waals surface area contributed by atoms with Gasteiger partial charge in [0, 0.05) is 24.8 Å². The van der Waals surface area contributed by atoms with Crippen LogP contribution in [0.4, 0.5) is 5.69 Å². The first-order valence-corrected chi connectivity index (χ1v) is 5.68. The number of halogens is 1. The number of amides is 1. The molecule has 0 saturated carbocycles. The van der Waals surface area contributed by atoms with Gasteiger partial charge < -0.3 is 10.2 Å². The van der Waals surface area contributed by atoms with Crippen LogP contribution in [0.2, 0.25) is 0 Å². The van der Waals surface area contributed by atoms with Crippen LogP contribution in [0.3, 0.4) is 0 Å². The number of benzene rings is 1. The molecule has 0 aliphatic carbocycles. The molecule has 0 unspecified atom stereocenters. The molecule has 1 amide bonds. The van der Waals surface area contributed by atoms with Gasteiger partial charge in [0.2, 0.25) is 0 Å². The van der Waals surface area contributed by atoms with E-state index in [1.165, 1.54) is 6.20 Å². The molecule has 0 bridgehead atoms. The standard InChI is InChI=1S/C12H12BrN3O/c1-16(2)8-9(7-14)12(17)15-11-6-4-3-5-10(11)13/h3-6,8H,1-2H3,(H,15,17). The maximum absolute atomic E-state index is 11.8. The highest BCUT2D eigenvalue weighted by atomic mass is 79.9. The van der Waals surface area contributed by atoms with Crippen LogP contribution < -0.4 is 5.32 Å². The van der Waals surface area contributed by atoms with Crippen LogP contribution in [-0.2, 0) is 4.79 Å². The summed E-state index contributed by atoms with van der Waals surface area (Å²) in [7, 11) is 3.51. The summed E-state index contributed by atoms with van der Waals surface area (Å²) in [6.07, 6.45) is 1.48. The summed E-state index contributed by atoms with van der Waals surface area (Å²) in [4.78, 5) is 13.4. The third kappa shape index (κ3) is 3.93. The zero-order valence-electron chi connectivity index (χ0n) is 9.57. The van der Waals surface area contributed by atoms with E-state index >= 15 is 0 Å². The lowest BCUT2D eigenvalue weighted by atomic mass is 10.2. The molecule has 0 aliphatic heterocycles. The van der Waals surface area contributed by atoms with E-state index in [1.54, 1.807) is 25.1 Å². The molecule has 0 heterocycles. The van der Waals surface area contributed by atoms with Crippen molar-refractivity contribution < 1.29 is 4.79 Å². The third-order valence-electron chi connectivity index (χ3n) is 1.87. The lowest BCUT2D eigenvalue weighted by Crippen LogP contribution is -2.16. The van der Waals surface area contributed by atoms with Gasteiger partial charge in [-0.2, -0.15) is 5.26 Å². The summed E-state index contributed by atoms with van der Waals surface area (Å²) < 4.78 is 0.774. The average Bonchev–Trinajstić information content (AvgIpc) is 2.28. The molecule has 1 aromatic rings. The molecule has 1 N–H and O–H groups in total. The third-order valence-corrected chi connectivity index (χ3v) is 2.57. The number of para-hydroxylation sites is 1. The highest BCUT2D eigenvalue weighted by molar-refractivity contribution is 9.10. The number of nitriles is 1. The van der Waals surface area contributed by atoms with Crippen molar-refractivity contribution in [3.05, 3.63) is 40.5 Å². The number of hydrogen-bond acceptors (Lipinski definition) is 3. The minimum Gasteiger partial charge on any atom is -0.382 e. The van der Waals surface area contributed by atoms with Gasteiger partial charge in [-0.25, -0.2) is 0 Å². The first-order chi connectivity index (χ1) is 8.04. The number of rotatable bonds is 3. The second-order valence-electron chi connectivity index (χ2n) is 3.55. The smallest absolute Gasteiger partial charge is 0.267 e. The van der Waals surface area contributed by atoms with Crippen LogP contribution >= 0.6 is 15.9 Å². The summed E-state index contributed by atoms with van der Waals surface area (Å²) in [5.41, 5.74) is 0.697. The molecular weight excluding hydrogens is 282 g/mol. The van der Waals surface area contributed by atoms with Gasteiger partial charge in [-0.1, -0.05) is 12.1 Å². The van der Waals surface area contributed by atoms with E-state index in [1.807, 2.05) is 24.3 Å². The van der Waals surface area contributed by atoms with Crippen LogP contribution in [0.25, 0.3) is 0 Å². The lowest BCUT2D eigenvalue weighted by Gasteiger charge is -2.08. The molecule has 88 valence electrons. The van der Waals surface area contributed by atoms with E-state index in [2.05, 4.69) is 21.2 Å². The van der Waals surface area contributed by atoms with Crippen LogP contribution in [0.5, 0.6) is 0 Å². The van der Waals surface area contributed by atoms with E-state index in [9.17, 15) is 4.79 Å². The zero-order chi connectivity index (χ0) is 12.8. The van der Waals surface area contributed by atoms with Crippen LogP contribution in [0.15, 0.2) is 40.5 Å². The molecule has 0 fully saturated rings. The van der Waals surface area contributed by atoms with E-state index in [-0.39, 0.29) is 5.57 Å². The molecule has 0 aromatic heterocycles. The SMILES string of the molecule is CN(C)C=C(C#N)C(=O)Nc1ccccc1Br. The Bertz CT molecular complexity index is 489. The predicted molar refractivity (Wildman–Crippen MR) is 70.2 cm³/mol. The summed E-state index contributed by atoms with van der Waals surface area (Å²) in [5.74, 6) is -0.423. The molecule has 0 atom stereocenters. The highest BCUT2D eigenvalue weighted by Gasteiger charge is 2.10. The Morgan fingerprint density at radius 3 is 2.65 bits per heavy atom. The van der Waals surface area contributed by atoms with Gasteiger partial charge in [0.15, 0.2) is 0 Å². The van der Waals surface area contributed by atoms with Crippen molar-refractivity contribution in [2.75, 3.05) is 19.4 Å². The quantitative estimate of drug-likeness (QED) is 0.687. The van der Waals surface area contributed by atoms with Crippen molar-refractivity contribution in [2.45, 2.75) is 0 Å². The molecule has 1 rings (SSSR count). The van der Waals surface area contributed by atoms with Crippen molar-refractivity contribution in [2.24, 2.45) is 0 Å². The first-order valence-electron chi connectivity index (χ1n) is 4.89. The molecule has 0 aliphatic rings. The van der Waals surface area contributed by atoms with Crippen molar-refractivity contribution in [1.82, 2.24) is 4.90 Å². The van der Waals surface area contributed by atoms with Crippen LogP contribution in [0, 0.1) is 11.3 Å². The molecule has 0 saturated heterocycles. The second kappa shape index (κ2) is 6.06. The largest absolute Gasteiger partial charge is 0.382 e. The fourth-order valence-corrected chi connectivity index (χ4v) is 1.53. The summed E-state index contributed by atoms with van der Waals surface area (Å²) in [6.45, 7) is 0. The normalized spacial score (nSPS) is 10.6. The number of hydrogen-bond donors (Lipinski definition) is 1. The fourth-order valence-electron chi connectivity index (χ4n) is 1.15. The zero-order valence-corrected chi connectivity index (χ0v) is 11.2. The Kier molecular flexibility index (Phi) is 4.73. The Hall–Kier alpha value is -1.80. The summed E-state index contributed by atoms with van der Waals surface area (Å²) in [6, 6.07) is 9.09. The number of nitrogens with one attached hydrogen (secondary N) is 1. The van der Waals surface area contributed by atoms with Crippen molar-refractivity contribution in [3.63, 3.8) is 0 Å². The van der Waals surface area contributed by atoms with Gasteiger partial charge >= 0.3 is 0 Å². The Morgan fingerprint density at radius 1 is 1.47 bits per heavy atom. The van der Waals surface area contributed by atoms with Crippen LogP contribution in [0.1, 0.15) is 0 Å². The minimum atomic E-state index is -0.423. The molecular formula is C12H12BrN3O. The molecule has 0 spiro atoms. The maximum Gasteiger partial charge on any atom is 0.267 e. The second-order valence-corrected chi connectivity index (χ2v) is 4.41. The average molecular weight is 294 g/mol. The molecule has 4 nitrogen and oxygen atoms in total. The highest BCUT2D eigenvalue weighted by Crippen LogP contribution is 2.21. The maximum atomic E-state index is 11.8. The number of nitrogens with zero attached hydrogens (tertiary/aromatic N) is 2. The first kappa shape index (κ1) is 13.3. The predicted octanol–water partition coefficient (Wildman–Crippen LogP) is 2.36. The van der Waals surface area contributed by atoms with E-state index in [4.69, 9.17) is 5.26 Å². The molecule has 5 heteroatoms. The van der Waals surface area contributed by atoms with Gasteiger partial charge in [0.25, 0.3) is 5.91 Å². The lowest BCUT2D eigenvalue weighted by molar-refractivity contribution is -0.112. The van der Waals surface area contributed by atoms with E-state index < -0.39 is 5.91 Å². The number of anilines is 1. The number of carbonyl (C=O) groups excluding carboxylic acids is 1. The summed E-state index contributed by atoms with van der Waals surface area (Å²) >= 11 is 3.32. The topological polar surface area (TPSA) is 56.1 Å². The monoisotopic (exact) mass is 293 g/mol. The summed E-state index contributed by atoms with van der Waals surface area (Å²) in [5, 5.41) is 11.5. The van der Waals surface area contributed by atoms with E-state index in [0.717, 1.165) is 4.47 Å². The van der Waals surface area contributed by atoms with Gasteiger partial charge in [0.05, 0.1) is 5.69 Å². The molecule has 1 aromatic carbocycles. The van der Waals surface area contributed by atoms with Crippen molar-refractivity contribution in [3.8, 4) is 6.07 Å². The molecule has 17 heavy (non-hydrogen) atoms. The number of carbonyl (C=O) groups is 1. The van der Waals surface area contributed by atoms with Gasteiger partial charge in [-0.15, -0.1) is 0 Å². The Balaban J connectivity index is 2.87. The van der Waals surface area contributed by atoms with E-state index in [0.29, 0.717) is 5.69 Å². The molecule has 0 radical (unpaired) electrons. The van der Waals surface area contributed by atoms with Crippen molar-refractivity contribution >= 4 is 27.5 Å². The fraction of sp³-hybridized carbons (Fsp3) is 0.167. The Morgan fingerprint density at radius 2 is 2.12 bits per heavy atom. The van der Waals surface area contributed by atoms with Crippen molar-refractivity contribution in [1.29, 1.82) is 5.26 Å². The van der Waals surface area contributed by atoms with Gasteiger partial charge in [0.1, 0.15) is 11.6 Å². The van der Waals surface area contributed by atoms with Gasteiger partial charge in [-0.05, 0) is 28.1 Å². The van der Waals surface area contributed by atoms with Gasteiger partial charge in [-0.3, -0.25) is 4.79 Å².